The fourth-order valence-corrected chi connectivity index (χ4v) is 1.76. The number of likely N-dealkylation sites (N-methyl/N-ethyl adjacent to an activating group) is 1. The predicted molar refractivity (Wildman–Crippen MR) is 55.6 cm³/mol. The minimum Gasteiger partial charge on any atom is -0.304 e. The maximum absolute atomic E-state index is 11.8. The van der Waals surface area contributed by atoms with E-state index < -0.39 is 5.51 Å². The van der Waals surface area contributed by atoms with Crippen molar-refractivity contribution < 1.29 is 13.2 Å². The molecule has 7 heteroatoms. The lowest BCUT2D eigenvalue weighted by Gasteiger charge is -2.32. The molecule has 1 saturated heterocycles. The third kappa shape index (κ3) is 6.24. The molecule has 1 N–H and O–H groups in total. The Bertz CT molecular complexity index is 180. The van der Waals surface area contributed by atoms with Crippen molar-refractivity contribution >= 4 is 11.8 Å². The molecule has 0 aliphatic carbocycles. The molecule has 0 saturated carbocycles. The summed E-state index contributed by atoms with van der Waals surface area (Å²) in [4.78, 5) is 2.20. The Morgan fingerprint density at radius 2 is 1.80 bits per heavy atom. The average Bonchev–Trinajstić information content (AvgIpc) is 2.14. The number of rotatable bonds is 4. The van der Waals surface area contributed by atoms with Gasteiger partial charge < -0.3 is 4.90 Å². The zero-order chi connectivity index (χ0) is 11.3. The monoisotopic (exact) mass is 243 g/mol. The van der Waals surface area contributed by atoms with Crippen molar-refractivity contribution in [2.75, 3.05) is 45.5 Å². The summed E-state index contributed by atoms with van der Waals surface area (Å²) in [5, 5.41) is 1.98. The van der Waals surface area contributed by atoms with Gasteiger partial charge in [0.15, 0.2) is 0 Å². The highest BCUT2D eigenvalue weighted by atomic mass is 32.2. The summed E-state index contributed by atoms with van der Waals surface area (Å²) < 4.78 is 35.4. The molecule has 3 nitrogen and oxygen atoms in total. The Labute approximate surface area is 91.9 Å². The van der Waals surface area contributed by atoms with Crippen LogP contribution in [0.2, 0.25) is 0 Å². The molecule has 1 rings (SSSR count). The van der Waals surface area contributed by atoms with E-state index in [-0.39, 0.29) is 17.5 Å². The van der Waals surface area contributed by atoms with E-state index in [1.165, 1.54) is 0 Å². The molecule has 1 aliphatic rings. The standard InChI is InChI=1S/C8H16F3N3S/c1-13-3-5-14(6-4-13)12-2-7-15-8(9,10)11/h12H,2-7H2,1H3. The molecule has 0 radical (unpaired) electrons. The average molecular weight is 243 g/mol. The molecule has 0 aromatic carbocycles. The molecule has 1 heterocycles. The normalized spacial score (nSPS) is 20.8. The molecule has 0 amide bonds. The van der Waals surface area contributed by atoms with E-state index in [0.717, 1.165) is 26.2 Å². The fourth-order valence-electron chi connectivity index (χ4n) is 1.34. The Morgan fingerprint density at radius 3 is 2.33 bits per heavy atom. The number of piperazine rings is 1. The van der Waals surface area contributed by atoms with Gasteiger partial charge in [-0.2, -0.15) is 13.2 Å². The van der Waals surface area contributed by atoms with Crippen LogP contribution in [0.25, 0.3) is 0 Å². The van der Waals surface area contributed by atoms with E-state index >= 15 is 0 Å². The Kier molecular flexibility index (Phi) is 5.17. The number of nitrogens with one attached hydrogen (secondary N) is 1. The first-order chi connectivity index (χ1) is 6.97. The molecule has 90 valence electrons. The molecule has 1 fully saturated rings. The quantitative estimate of drug-likeness (QED) is 0.742. The Balaban J connectivity index is 2.01. The molecule has 0 atom stereocenters. The second kappa shape index (κ2) is 5.93. The molecule has 0 aromatic heterocycles. The molecule has 0 bridgehead atoms. The SMILES string of the molecule is CN1CCN(NCCSC(F)(F)F)CC1. The Hall–Kier alpha value is 0.0200. The van der Waals surface area contributed by atoms with Crippen LogP contribution in [0.1, 0.15) is 0 Å². The number of hydrazine groups is 1. The maximum atomic E-state index is 11.8. The van der Waals surface area contributed by atoms with Crippen LogP contribution in [0.15, 0.2) is 0 Å². The lowest BCUT2D eigenvalue weighted by Crippen LogP contribution is -2.51. The summed E-state index contributed by atoms with van der Waals surface area (Å²) in [6.45, 7) is 4.02. The van der Waals surface area contributed by atoms with Crippen LogP contribution >= 0.6 is 11.8 Å². The maximum Gasteiger partial charge on any atom is 0.441 e. The number of hydrogen-bond acceptors (Lipinski definition) is 4. The van der Waals surface area contributed by atoms with Crippen molar-refractivity contribution in [3.8, 4) is 0 Å². The van der Waals surface area contributed by atoms with Crippen LogP contribution in [0.4, 0.5) is 13.2 Å². The van der Waals surface area contributed by atoms with Gasteiger partial charge >= 0.3 is 5.51 Å². The number of thioether (sulfide) groups is 1. The van der Waals surface area contributed by atoms with Gasteiger partial charge in [0.25, 0.3) is 0 Å². The smallest absolute Gasteiger partial charge is 0.304 e. The molecule has 0 aromatic rings. The highest BCUT2D eigenvalue weighted by molar-refractivity contribution is 8.00. The van der Waals surface area contributed by atoms with Gasteiger partial charge in [-0.05, 0) is 18.8 Å². The molecule has 15 heavy (non-hydrogen) atoms. The van der Waals surface area contributed by atoms with Gasteiger partial charge in [-0.25, -0.2) is 5.01 Å². The topological polar surface area (TPSA) is 18.5 Å². The summed E-state index contributed by atoms with van der Waals surface area (Å²) in [5.41, 5.74) is -1.11. The third-order valence-corrected chi connectivity index (χ3v) is 2.94. The largest absolute Gasteiger partial charge is 0.441 e. The molecule has 0 unspecified atom stereocenters. The zero-order valence-electron chi connectivity index (χ0n) is 8.68. The van der Waals surface area contributed by atoms with E-state index in [0.29, 0.717) is 6.54 Å². The van der Waals surface area contributed by atoms with Crippen molar-refractivity contribution in [1.29, 1.82) is 0 Å². The van der Waals surface area contributed by atoms with Crippen molar-refractivity contribution in [3.05, 3.63) is 0 Å². The van der Waals surface area contributed by atoms with Crippen molar-refractivity contribution in [2.45, 2.75) is 5.51 Å². The lowest BCUT2D eigenvalue weighted by molar-refractivity contribution is -0.0328. The number of hydrogen-bond donors (Lipinski definition) is 1. The predicted octanol–water partition coefficient (Wildman–Crippen LogP) is 0.991. The van der Waals surface area contributed by atoms with Crippen LogP contribution < -0.4 is 5.43 Å². The second-order valence-electron chi connectivity index (χ2n) is 3.49. The third-order valence-electron chi connectivity index (χ3n) is 2.21. The fraction of sp³-hybridized carbons (Fsp3) is 1.00. The summed E-state index contributed by atoms with van der Waals surface area (Å²) in [6, 6.07) is 0. The first-order valence-electron chi connectivity index (χ1n) is 4.85. The Morgan fingerprint density at radius 1 is 1.20 bits per heavy atom. The van der Waals surface area contributed by atoms with Gasteiger partial charge in [0.1, 0.15) is 0 Å². The minimum atomic E-state index is -4.11. The van der Waals surface area contributed by atoms with Crippen LogP contribution in [0.5, 0.6) is 0 Å². The second-order valence-corrected chi connectivity index (χ2v) is 4.65. The van der Waals surface area contributed by atoms with Gasteiger partial charge in [0.2, 0.25) is 0 Å². The van der Waals surface area contributed by atoms with Crippen LogP contribution in [-0.2, 0) is 0 Å². The van der Waals surface area contributed by atoms with Crippen molar-refractivity contribution in [3.63, 3.8) is 0 Å². The van der Waals surface area contributed by atoms with Gasteiger partial charge in [-0.1, -0.05) is 0 Å². The van der Waals surface area contributed by atoms with Gasteiger partial charge in [-0.3, -0.25) is 5.43 Å². The van der Waals surface area contributed by atoms with Crippen molar-refractivity contribution in [2.24, 2.45) is 0 Å². The zero-order valence-corrected chi connectivity index (χ0v) is 9.50. The van der Waals surface area contributed by atoms with Crippen LogP contribution in [0, 0.1) is 0 Å². The van der Waals surface area contributed by atoms with E-state index in [1.807, 2.05) is 12.1 Å². The highest BCUT2D eigenvalue weighted by Gasteiger charge is 2.27. The summed E-state index contributed by atoms with van der Waals surface area (Å²) in [6.07, 6.45) is 0. The summed E-state index contributed by atoms with van der Waals surface area (Å²) in [7, 11) is 2.04. The summed E-state index contributed by atoms with van der Waals surface area (Å²) >= 11 is 0.0231. The highest BCUT2D eigenvalue weighted by Crippen LogP contribution is 2.29. The lowest BCUT2D eigenvalue weighted by atomic mass is 10.4. The number of alkyl halides is 3. The molecule has 1 aliphatic heterocycles. The molecular formula is C8H16F3N3S. The minimum absolute atomic E-state index is 0.0231. The van der Waals surface area contributed by atoms with Gasteiger partial charge in [0.05, 0.1) is 0 Å². The van der Waals surface area contributed by atoms with Gasteiger partial charge in [-0.15, -0.1) is 0 Å². The first-order valence-corrected chi connectivity index (χ1v) is 5.83. The first kappa shape index (κ1) is 13.1. The van der Waals surface area contributed by atoms with Crippen LogP contribution in [0.3, 0.4) is 0 Å². The van der Waals surface area contributed by atoms with Crippen LogP contribution in [-0.4, -0.2) is 60.9 Å². The molecular weight excluding hydrogens is 227 g/mol. The van der Waals surface area contributed by atoms with E-state index in [2.05, 4.69) is 10.3 Å². The van der Waals surface area contributed by atoms with E-state index in [9.17, 15) is 13.2 Å². The summed E-state index contributed by atoms with van der Waals surface area (Å²) in [5.74, 6) is 0.0653. The molecule has 0 spiro atoms. The number of nitrogens with zero attached hydrogens (tertiary/aromatic N) is 2. The number of halogens is 3. The van der Waals surface area contributed by atoms with Crippen molar-refractivity contribution in [1.82, 2.24) is 15.3 Å². The van der Waals surface area contributed by atoms with Gasteiger partial charge in [0, 0.05) is 38.5 Å². The van der Waals surface area contributed by atoms with E-state index in [1.54, 1.807) is 0 Å². The van der Waals surface area contributed by atoms with E-state index in [4.69, 9.17) is 0 Å².